The number of furan rings is 1. The highest BCUT2D eigenvalue weighted by Gasteiger charge is 2.06. The van der Waals surface area contributed by atoms with Crippen LogP contribution in [0.15, 0.2) is 22.8 Å². The molecule has 3 heteroatoms. The van der Waals surface area contributed by atoms with E-state index in [-0.39, 0.29) is 0 Å². The van der Waals surface area contributed by atoms with Gasteiger partial charge in [0.1, 0.15) is 5.76 Å². The van der Waals surface area contributed by atoms with Crippen LogP contribution in [-0.4, -0.2) is 30.6 Å². The summed E-state index contributed by atoms with van der Waals surface area (Å²) in [6, 6.07) is 4.42. The van der Waals surface area contributed by atoms with Gasteiger partial charge in [-0.3, -0.25) is 0 Å². The van der Waals surface area contributed by atoms with E-state index in [1.807, 2.05) is 12.1 Å². The first-order chi connectivity index (χ1) is 7.26. The molecule has 0 fully saturated rings. The number of nitrogens with zero attached hydrogens (tertiary/aromatic N) is 1. The van der Waals surface area contributed by atoms with Gasteiger partial charge >= 0.3 is 0 Å². The molecule has 1 N–H and O–H groups in total. The largest absolute Gasteiger partial charge is 0.468 e. The minimum absolute atomic E-state index is 0.495. The highest BCUT2D eigenvalue weighted by atomic mass is 16.3. The van der Waals surface area contributed by atoms with Crippen LogP contribution < -0.4 is 5.32 Å². The first kappa shape index (κ1) is 12.3. The van der Waals surface area contributed by atoms with Crippen LogP contribution in [0.4, 0.5) is 0 Å². The molecule has 1 rings (SSSR count). The standard InChI is InChI=1S/C12H22N2O/c1-4-14(5-2)10-11(3)13-9-12-7-6-8-15-12/h6-8,11,13H,4-5,9-10H2,1-3H3. The Kier molecular flexibility index (Phi) is 5.43. The van der Waals surface area contributed by atoms with Gasteiger partial charge in [0, 0.05) is 12.6 Å². The zero-order valence-electron chi connectivity index (χ0n) is 9.99. The van der Waals surface area contributed by atoms with E-state index in [2.05, 4.69) is 31.0 Å². The number of hydrogen-bond acceptors (Lipinski definition) is 3. The van der Waals surface area contributed by atoms with Crippen molar-refractivity contribution in [2.24, 2.45) is 0 Å². The van der Waals surface area contributed by atoms with Gasteiger partial charge in [-0.05, 0) is 32.1 Å². The smallest absolute Gasteiger partial charge is 0.117 e. The lowest BCUT2D eigenvalue weighted by molar-refractivity contribution is 0.268. The Labute approximate surface area is 92.5 Å². The Balaban J connectivity index is 2.21. The van der Waals surface area contributed by atoms with E-state index in [4.69, 9.17) is 4.42 Å². The summed E-state index contributed by atoms with van der Waals surface area (Å²) in [4.78, 5) is 2.42. The van der Waals surface area contributed by atoms with E-state index in [1.54, 1.807) is 6.26 Å². The maximum absolute atomic E-state index is 5.27. The molecule has 0 spiro atoms. The molecule has 1 aromatic heterocycles. The molecule has 1 aromatic rings. The number of nitrogens with one attached hydrogen (secondary N) is 1. The maximum atomic E-state index is 5.27. The van der Waals surface area contributed by atoms with E-state index >= 15 is 0 Å². The second-order valence-electron chi connectivity index (χ2n) is 3.85. The minimum Gasteiger partial charge on any atom is -0.468 e. The quantitative estimate of drug-likeness (QED) is 0.747. The predicted octanol–water partition coefficient (Wildman–Crippen LogP) is 2.10. The lowest BCUT2D eigenvalue weighted by Gasteiger charge is -2.23. The molecule has 0 amide bonds. The fraction of sp³-hybridized carbons (Fsp3) is 0.667. The van der Waals surface area contributed by atoms with Crippen LogP contribution in [-0.2, 0) is 6.54 Å². The molecule has 0 aliphatic heterocycles. The van der Waals surface area contributed by atoms with Crippen molar-refractivity contribution in [1.29, 1.82) is 0 Å². The Hall–Kier alpha value is -0.800. The zero-order valence-corrected chi connectivity index (χ0v) is 9.99. The van der Waals surface area contributed by atoms with E-state index in [1.165, 1.54) is 0 Å². The van der Waals surface area contributed by atoms with Crippen LogP contribution in [0, 0.1) is 0 Å². The van der Waals surface area contributed by atoms with E-state index in [9.17, 15) is 0 Å². The molecular formula is C12H22N2O. The summed E-state index contributed by atoms with van der Waals surface area (Å²) in [6.45, 7) is 10.7. The van der Waals surface area contributed by atoms with Crippen molar-refractivity contribution in [1.82, 2.24) is 10.2 Å². The van der Waals surface area contributed by atoms with Crippen LogP contribution >= 0.6 is 0 Å². The molecule has 0 saturated carbocycles. The normalized spacial score (nSPS) is 13.3. The molecule has 0 bridgehead atoms. The second kappa shape index (κ2) is 6.64. The average Bonchev–Trinajstić information content (AvgIpc) is 2.75. The van der Waals surface area contributed by atoms with Gasteiger partial charge in [0.2, 0.25) is 0 Å². The van der Waals surface area contributed by atoms with Gasteiger partial charge < -0.3 is 14.6 Å². The van der Waals surface area contributed by atoms with Crippen molar-refractivity contribution in [3.8, 4) is 0 Å². The van der Waals surface area contributed by atoms with Gasteiger partial charge in [0.15, 0.2) is 0 Å². The third-order valence-corrected chi connectivity index (χ3v) is 2.63. The zero-order chi connectivity index (χ0) is 11.1. The third-order valence-electron chi connectivity index (χ3n) is 2.63. The van der Waals surface area contributed by atoms with Crippen LogP contribution in [0.5, 0.6) is 0 Å². The summed E-state index contributed by atoms with van der Waals surface area (Å²) in [6.07, 6.45) is 1.71. The Morgan fingerprint density at radius 2 is 2.13 bits per heavy atom. The molecule has 1 heterocycles. The number of hydrogen-bond donors (Lipinski definition) is 1. The molecule has 3 nitrogen and oxygen atoms in total. The van der Waals surface area contributed by atoms with Gasteiger partial charge in [0.05, 0.1) is 12.8 Å². The summed E-state index contributed by atoms with van der Waals surface area (Å²) in [5.41, 5.74) is 0. The van der Waals surface area contributed by atoms with Crippen molar-refractivity contribution in [2.45, 2.75) is 33.4 Å². The summed E-state index contributed by atoms with van der Waals surface area (Å²) >= 11 is 0. The molecule has 0 radical (unpaired) electrons. The lowest BCUT2D eigenvalue weighted by Crippen LogP contribution is -2.38. The average molecular weight is 210 g/mol. The van der Waals surface area contributed by atoms with E-state index in [0.717, 1.165) is 31.9 Å². The number of likely N-dealkylation sites (N-methyl/N-ethyl adjacent to an activating group) is 1. The van der Waals surface area contributed by atoms with Crippen molar-refractivity contribution >= 4 is 0 Å². The highest BCUT2D eigenvalue weighted by molar-refractivity contribution is 4.97. The van der Waals surface area contributed by atoms with Crippen LogP contribution in [0.1, 0.15) is 26.5 Å². The van der Waals surface area contributed by atoms with E-state index < -0.39 is 0 Å². The van der Waals surface area contributed by atoms with Crippen molar-refractivity contribution in [3.63, 3.8) is 0 Å². The van der Waals surface area contributed by atoms with Gasteiger partial charge in [-0.15, -0.1) is 0 Å². The SMILES string of the molecule is CCN(CC)CC(C)NCc1ccco1. The molecule has 0 saturated heterocycles. The third kappa shape index (κ3) is 4.49. The number of rotatable bonds is 7. The van der Waals surface area contributed by atoms with Crippen molar-refractivity contribution < 1.29 is 4.42 Å². The lowest BCUT2D eigenvalue weighted by atomic mass is 10.3. The Morgan fingerprint density at radius 3 is 2.67 bits per heavy atom. The fourth-order valence-electron chi connectivity index (χ4n) is 1.62. The van der Waals surface area contributed by atoms with Gasteiger partial charge in [-0.25, -0.2) is 0 Å². The van der Waals surface area contributed by atoms with Crippen LogP contribution in [0.25, 0.3) is 0 Å². The first-order valence-corrected chi connectivity index (χ1v) is 5.74. The van der Waals surface area contributed by atoms with Crippen molar-refractivity contribution in [3.05, 3.63) is 24.2 Å². The predicted molar refractivity (Wildman–Crippen MR) is 62.8 cm³/mol. The monoisotopic (exact) mass is 210 g/mol. The summed E-state index contributed by atoms with van der Waals surface area (Å²) in [5, 5.41) is 3.45. The maximum Gasteiger partial charge on any atom is 0.117 e. The molecule has 1 unspecified atom stereocenters. The second-order valence-corrected chi connectivity index (χ2v) is 3.85. The molecule has 1 atom stereocenters. The molecule has 0 aliphatic rings. The van der Waals surface area contributed by atoms with Gasteiger partial charge in [0.25, 0.3) is 0 Å². The molecule has 0 aliphatic carbocycles. The minimum atomic E-state index is 0.495. The van der Waals surface area contributed by atoms with Crippen LogP contribution in [0.3, 0.4) is 0 Å². The summed E-state index contributed by atoms with van der Waals surface area (Å²) in [5.74, 6) is 1.00. The molecule has 15 heavy (non-hydrogen) atoms. The fourth-order valence-corrected chi connectivity index (χ4v) is 1.62. The summed E-state index contributed by atoms with van der Waals surface area (Å²) in [7, 11) is 0. The van der Waals surface area contributed by atoms with Gasteiger partial charge in [-0.1, -0.05) is 13.8 Å². The van der Waals surface area contributed by atoms with Crippen LogP contribution in [0.2, 0.25) is 0 Å². The summed E-state index contributed by atoms with van der Waals surface area (Å²) < 4.78 is 5.27. The van der Waals surface area contributed by atoms with Crippen molar-refractivity contribution in [2.75, 3.05) is 19.6 Å². The molecular weight excluding hydrogens is 188 g/mol. The molecule has 86 valence electrons. The Bertz CT molecular complexity index is 242. The molecule has 0 aromatic carbocycles. The topological polar surface area (TPSA) is 28.4 Å². The Morgan fingerprint density at radius 1 is 1.40 bits per heavy atom. The van der Waals surface area contributed by atoms with Gasteiger partial charge in [-0.2, -0.15) is 0 Å². The first-order valence-electron chi connectivity index (χ1n) is 5.74. The highest BCUT2D eigenvalue weighted by Crippen LogP contribution is 2.00. The van der Waals surface area contributed by atoms with E-state index in [0.29, 0.717) is 6.04 Å².